The molecule has 3 amide bonds. The lowest BCUT2D eigenvalue weighted by atomic mass is 9.84. The molecule has 2 N–H and O–H groups in total. The summed E-state index contributed by atoms with van der Waals surface area (Å²) in [6.07, 6.45) is 0.0280. The number of rotatable bonds is 5. The topological polar surface area (TPSA) is 101 Å². The third-order valence-electron chi connectivity index (χ3n) is 5.18. The second-order valence-electron chi connectivity index (χ2n) is 8.73. The van der Waals surface area contributed by atoms with Crippen molar-refractivity contribution in [3.8, 4) is 0 Å². The average molecular weight is 369 g/mol. The van der Waals surface area contributed by atoms with E-state index in [1.807, 2.05) is 13.8 Å². The van der Waals surface area contributed by atoms with E-state index in [1.54, 1.807) is 25.7 Å². The smallest absolute Gasteiger partial charge is 0.408 e. The Kier molecular flexibility index (Phi) is 5.56. The lowest BCUT2D eigenvalue weighted by Gasteiger charge is -2.52. The second kappa shape index (κ2) is 7.06. The van der Waals surface area contributed by atoms with E-state index in [1.165, 1.54) is 4.90 Å². The van der Waals surface area contributed by atoms with Crippen LogP contribution in [0, 0.1) is 5.92 Å². The van der Waals surface area contributed by atoms with Crippen molar-refractivity contribution in [3.05, 3.63) is 0 Å². The van der Waals surface area contributed by atoms with Crippen LogP contribution >= 0.6 is 0 Å². The molecule has 0 saturated carbocycles. The number of β-lactam (4-membered cyclic amide) rings is 1. The summed E-state index contributed by atoms with van der Waals surface area (Å²) in [5.74, 6) is -0.207. The van der Waals surface area contributed by atoms with Crippen molar-refractivity contribution >= 4 is 17.9 Å². The van der Waals surface area contributed by atoms with Gasteiger partial charge in [0.1, 0.15) is 11.6 Å². The first kappa shape index (κ1) is 20.5. The number of carbonyl (C=O) groups is 3. The largest absolute Gasteiger partial charge is 0.465 e. The Morgan fingerprint density at radius 2 is 1.92 bits per heavy atom. The lowest BCUT2D eigenvalue weighted by Crippen LogP contribution is -2.74. The van der Waals surface area contributed by atoms with Crippen molar-refractivity contribution in [2.45, 2.75) is 64.6 Å². The van der Waals surface area contributed by atoms with Gasteiger partial charge in [0.05, 0.1) is 13.2 Å². The van der Waals surface area contributed by atoms with Gasteiger partial charge in [0.2, 0.25) is 5.91 Å². The lowest BCUT2D eigenvalue weighted by molar-refractivity contribution is -0.171. The third kappa shape index (κ3) is 3.39. The molecule has 2 fully saturated rings. The molecule has 0 aromatic heterocycles. The summed E-state index contributed by atoms with van der Waals surface area (Å²) in [5, 5.41) is 19.4. The van der Waals surface area contributed by atoms with E-state index < -0.39 is 35.7 Å². The van der Waals surface area contributed by atoms with Gasteiger partial charge in [-0.05, 0) is 39.5 Å². The highest BCUT2D eigenvalue weighted by molar-refractivity contribution is 5.99. The first-order valence-electron chi connectivity index (χ1n) is 9.19. The Morgan fingerprint density at radius 1 is 1.31 bits per heavy atom. The summed E-state index contributed by atoms with van der Waals surface area (Å²) >= 11 is 0. The number of hydrogen-bond acceptors (Lipinski definition) is 4. The highest BCUT2D eigenvalue weighted by Crippen LogP contribution is 2.40. The van der Waals surface area contributed by atoms with Crippen LogP contribution in [0.4, 0.5) is 4.79 Å². The summed E-state index contributed by atoms with van der Waals surface area (Å²) in [6, 6.07) is -1.21. The van der Waals surface area contributed by atoms with E-state index in [0.717, 1.165) is 4.90 Å². The van der Waals surface area contributed by atoms with E-state index in [4.69, 9.17) is 0 Å². The van der Waals surface area contributed by atoms with E-state index >= 15 is 0 Å². The van der Waals surface area contributed by atoms with Gasteiger partial charge in [-0.3, -0.25) is 14.5 Å². The van der Waals surface area contributed by atoms with Crippen molar-refractivity contribution < 1.29 is 24.6 Å². The number of nitrogens with zero attached hydrogens (tertiary/aromatic N) is 3. The van der Waals surface area contributed by atoms with Crippen LogP contribution in [0.25, 0.3) is 0 Å². The molecular formula is C18H31N3O5. The maximum absolute atomic E-state index is 13.1. The molecule has 8 nitrogen and oxygen atoms in total. The maximum Gasteiger partial charge on any atom is 0.408 e. The molecule has 2 rings (SSSR count). The summed E-state index contributed by atoms with van der Waals surface area (Å²) < 4.78 is 0. The summed E-state index contributed by atoms with van der Waals surface area (Å²) in [5.41, 5.74) is -1.71. The number of carbonyl (C=O) groups excluding carboxylic acids is 2. The molecule has 2 heterocycles. The predicted molar refractivity (Wildman–Crippen MR) is 95.6 cm³/mol. The molecule has 1 unspecified atom stereocenters. The van der Waals surface area contributed by atoms with Crippen LogP contribution in [0.1, 0.15) is 47.5 Å². The fourth-order valence-electron chi connectivity index (χ4n) is 4.17. The quantitative estimate of drug-likeness (QED) is 0.704. The Bertz CT molecular complexity index is 586. The van der Waals surface area contributed by atoms with Crippen molar-refractivity contribution in [2.24, 2.45) is 5.92 Å². The molecule has 2 aliphatic heterocycles. The molecule has 1 spiro atoms. The van der Waals surface area contributed by atoms with Gasteiger partial charge in [0.25, 0.3) is 5.91 Å². The van der Waals surface area contributed by atoms with Crippen LogP contribution in [0.5, 0.6) is 0 Å². The second-order valence-corrected chi connectivity index (χ2v) is 8.73. The Morgan fingerprint density at radius 3 is 2.35 bits per heavy atom. The van der Waals surface area contributed by atoms with Crippen LogP contribution in [-0.4, -0.2) is 86.2 Å². The highest BCUT2D eigenvalue weighted by Gasteiger charge is 2.60. The molecule has 0 radical (unpaired) electrons. The van der Waals surface area contributed by atoms with Crippen molar-refractivity contribution in [1.82, 2.24) is 14.7 Å². The first-order valence-corrected chi connectivity index (χ1v) is 9.19. The van der Waals surface area contributed by atoms with E-state index in [9.17, 15) is 24.6 Å². The molecule has 2 atom stereocenters. The molecule has 0 aromatic rings. The minimum Gasteiger partial charge on any atom is -0.465 e. The van der Waals surface area contributed by atoms with Crippen LogP contribution < -0.4 is 0 Å². The summed E-state index contributed by atoms with van der Waals surface area (Å²) in [7, 11) is 0. The normalized spacial score (nSPS) is 24.2. The minimum absolute atomic E-state index is 0.0635. The minimum atomic E-state index is -1.26. The molecule has 2 aliphatic rings. The molecule has 0 bridgehead atoms. The van der Waals surface area contributed by atoms with Crippen LogP contribution in [0.15, 0.2) is 0 Å². The Labute approximate surface area is 154 Å². The van der Waals surface area contributed by atoms with Gasteiger partial charge in [-0.15, -0.1) is 0 Å². The highest BCUT2D eigenvalue weighted by atomic mass is 16.4. The first-order chi connectivity index (χ1) is 12.0. The standard InChI is InChI=1S/C18H31N3O5/c1-12(2)9-19-11-18(15(19)24)7-6-8-20(18)14(23)13(10-22)21(16(25)26)17(3,4)5/h12-13,22H,6-11H2,1-5H3,(H,25,26)/t13-,18?/m0/s1. The number of hydrogen-bond donors (Lipinski definition) is 2. The number of aliphatic hydroxyl groups excluding tert-OH is 1. The van der Waals surface area contributed by atoms with Crippen LogP contribution in [0.3, 0.4) is 0 Å². The number of likely N-dealkylation sites (tertiary alicyclic amines) is 2. The van der Waals surface area contributed by atoms with Gasteiger partial charge < -0.3 is 20.0 Å². The Hall–Kier alpha value is -1.83. The van der Waals surface area contributed by atoms with Crippen LogP contribution in [0.2, 0.25) is 0 Å². The molecule has 8 heteroatoms. The number of carboxylic acid groups (broad SMARTS) is 1. The van der Waals surface area contributed by atoms with Gasteiger partial charge >= 0.3 is 6.09 Å². The third-order valence-corrected chi connectivity index (χ3v) is 5.18. The number of aliphatic hydroxyl groups is 1. The van der Waals surface area contributed by atoms with Gasteiger partial charge in [0, 0.05) is 18.6 Å². The molecule has 148 valence electrons. The van der Waals surface area contributed by atoms with E-state index in [2.05, 4.69) is 0 Å². The van der Waals surface area contributed by atoms with Gasteiger partial charge in [-0.25, -0.2) is 4.79 Å². The fraction of sp³-hybridized carbons (Fsp3) is 0.833. The zero-order chi connectivity index (χ0) is 19.9. The monoisotopic (exact) mass is 369 g/mol. The summed E-state index contributed by atoms with van der Waals surface area (Å²) in [4.78, 5) is 41.9. The van der Waals surface area contributed by atoms with Crippen molar-refractivity contribution in [1.29, 1.82) is 0 Å². The van der Waals surface area contributed by atoms with Crippen LogP contribution in [-0.2, 0) is 9.59 Å². The van der Waals surface area contributed by atoms with Crippen molar-refractivity contribution in [2.75, 3.05) is 26.2 Å². The van der Waals surface area contributed by atoms with Gasteiger partial charge in [-0.1, -0.05) is 13.8 Å². The van der Waals surface area contributed by atoms with Gasteiger partial charge in [0.15, 0.2) is 0 Å². The molecule has 0 aromatic carbocycles. The Balaban J connectivity index is 2.24. The van der Waals surface area contributed by atoms with E-state index in [-0.39, 0.29) is 5.91 Å². The zero-order valence-corrected chi connectivity index (χ0v) is 16.4. The average Bonchev–Trinajstić information content (AvgIpc) is 2.95. The van der Waals surface area contributed by atoms with E-state index in [0.29, 0.717) is 38.4 Å². The van der Waals surface area contributed by atoms with Gasteiger partial charge in [-0.2, -0.15) is 0 Å². The fourth-order valence-corrected chi connectivity index (χ4v) is 4.17. The summed E-state index contributed by atoms with van der Waals surface area (Å²) in [6.45, 7) is 10.0. The molecule has 26 heavy (non-hydrogen) atoms. The molecule has 0 aliphatic carbocycles. The molecule has 2 saturated heterocycles. The predicted octanol–water partition coefficient (Wildman–Crippen LogP) is 0.985. The maximum atomic E-state index is 13.1. The number of amides is 3. The van der Waals surface area contributed by atoms with Crippen molar-refractivity contribution in [3.63, 3.8) is 0 Å². The SMILES string of the molecule is CC(C)CN1CC2(CCCN2C(=O)[C@H](CO)N(C(=O)O)C(C)(C)C)C1=O. The molecular weight excluding hydrogens is 338 g/mol. The zero-order valence-electron chi connectivity index (χ0n) is 16.4.